The van der Waals surface area contributed by atoms with Gasteiger partial charge < -0.3 is 5.32 Å². The number of hydrogen-bond acceptors (Lipinski definition) is 3. The molecule has 2 amide bonds. The molecule has 4 rings (SSSR count). The first kappa shape index (κ1) is 21.5. The van der Waals surface area contributed by atoms with E-state index in [1.54, 1.807) is 5.41 Å². The van der Waals surface area contributed by atoms with Gasteiger partial charge in [0.05, 0.1) is 0 Å². The molecule has 0 spiro atoms. The molecule has 6 heteroatoms. The maximum Gasteiger partial charge on any atom is 0.329 e. The highest BCUT2D eigenvalue weighted by Gasteiger charge is 2.24. The third kappa shape index (κ3) is 5.22. The van der Waals surface area contributed by atoms with Crippen LogP contribution in [0.5, 0.6) is 0 Å². The summed E-state index contributed by atoms with van der Waals surface area (Å²) in [5.74, 6) is 5.31. The van der Waals surface area contributed by atoms with E-state index in [1.807, 2.05) is 0 Å². The Morgan fingerprint density at radius 3 is 2.29 bits per heavy atom. The lowest BCUT2D eigenvalue weighted by Gasteiger charge is -2.16. The lowest BCUT2D eigenvalue weighted by molar-refractivity contribution is 0.257. The molecule has 1 saturated heterocycles. The minimum absolute atomic E-state index is 0.153. The minimum atomic E-state index is -0.153. The Morgan fingerprint density at radius 1 is 1.14 bits per heavy atom. The van der Waals surface area contributed by atoms with Crippen molar-refractivity contribution in [3.8, 4) is 0 Å². The number of nitrogens with one attached hydrogen (secondary N) is 2. The standard InChI is InChI=1S/C15H18N2OS.C7H15NS/c1-2-19-17-15(18)16-14-12-7-3-5-10(12)9-11-6-4-8-13(11)14;1-3-9(2)8-6-4-5-7-8/h2,9H,1,3-8H2,(H2,16,17,18);2-7H2,1H3. The quantitative estimate of drug-likeness (QED) is 0.503. The average molecular weight is 420 g/mol. The molecule has 1 atom stereocenters. The van der Waals surface area contributed by atoms with Gasteiger partial charge in [0.1, 0.15) is 0 Å². The van der Waals surface area contributed by atoms with E-state index >= 15 is 0 Å². The van der Waals surface area contributed by atoms with Crippen LogP contribution >= 0.6 is 22.6 Å². The van der Waals surface area contributed by atoms with E-state index in [0.717, 1.165) is 31.4 Å². The third-order valence-corrected chi connectivity index (χ3v) is 7.94. The molecule has 3 aliphatic rings. The molecule has 0 saturated carbocycles. The summed E-state index contributed by atoms with van der Waals surface area (Å²) in [5.41, 5.74) is 6.68. The molecule has 28 heavy (non-hydrogen) atoms. The van der Waals surface area contributed by atoms with Crippen LogP contribution in [-0.2, 0) is 25.7 Å². The second-order valence-electron chi connectivity index (χ2n) is 7.46. The number of urea groups is 1. The molecule has 1 aromatic carbocycles. The molecule has 4 nitrogen and oxygen atoms in total. The molecule has 0 radical (unpaired) electrons. The summed E-state index contributed by atoms with van der Waals surface area (Å²) in [5, 5.41) is 4.67. The molecule has 2 aliphatic carbocycles. The number of amides is 2. The van der Waals surface area contributed by atoms with E-state index in [1.165, 1.54) is 78.7 Å². The van der Waals surface area contributed by atoms with E-state index < -0.39 is 0 Å². The molecule has 1 fully saturated rings. The first-order valence-corrected chi connectivity index (χ1v) is 12.8. The van der Waals surface area contributed by atoms with Crippen LogP contribution in [0.15, 0.2) is 18.1 Å². The lowest BCUT2D eigenvalue weighted by Crippen LogP contribution is -2.23. The van der Waals surface area contributed by atoms with Crippen molar-refractivity contribution in [1.29, 1.82) is 0 Å². The Kier molecular flexibility index (Phi) is 8.06. The lowest BCUT2D eigenvalue weighted by atomic mass is 9.99. The molecular formula is C22H33N3OS2. The Hall–Kier alpha value is -1.24. The maximum atomic E-state index is 11.9. The maximum absolute atomic E-state index is 11.9. The predicted molar refractivity (Wildman–Crippen MR) is 126 cm³/mol. The van der Waals surface area contributed by atoms with E-state index in [0.29, 0.717) is 10.7 Å². The third-order valence-electron chi connectivity index (χ3n) is 5.71. The van der Waals surface area contributed by atoms with Crippen molar-refractivity contribution >= 4 is 40.2 Å². The average Bonchev–Trinajstić information content (AvgIpc) is 3.46. The number of nitrogens with zero attached hydrogens (tertiary/aromatic N) is 1. The van der Waals surface area contributed by atoms with Gasteiger partial charge in [-0.3, -0.25) is 9.03 Å². The topological polar surface area (TPSA) is 44.4 Å². The summed E-state index contributed by atoms with van der Waals surface area (Å²) in [6.45, 7) is 8.38. The Labute approximate surface area is 176 Å². The monoisotopic (exact) mass is 419 g/mol. The first-order valence-electron chi connectivity index (χ1n) is 10.4. The SMILES string of the molecule is C=CSNC(=O)Nc1c2c(cc3c1CCC3)CCC2.C=S(CC)N1CCCC1. The zero-order valence-electron chi connectivity index (χ0n) is 17.0. The minimum Gasteiger partial charge on any atom is -0.307 e. The molecule has 0 bridgehead atoms. The number of benzene rings is 1. The highest BCUT2D eigenvalue weighted by Crippen LogP contribution is 2.38. The first-order chi connectivity index (χ1) is 13.6. The van der Waals surface area contributed by atoms with Gasteiger partial charge in [0.15, 0.2) is 0 Å². The van der Waals surface area contributed by atoms with Crippen LogP contribution in [0.1, 0.15) is 54.9 Å². The van der Waals surface area contributed by atoms with Crippen molar-refractivity contribution in [1.82, 2.24) is 9.03 Å². The highest BCUT2D eigenvalue weighted by molar-refractivity contribution is 8.12. The van der Waals surface area contributed by atoms with Crippen molar-refractivity contribution in [2.75, 3.05) is 24.2 Å². The molecule has 154 valence electrons. The zero-order valence-corrected chi connectivity index (χ0v) is 18.7. The van der Waals surface area contributed by atoms with Gasteiger partial charge in [0, 0.05) is 18.8 Å². The number of carbonyl (C=O) groups excluding carboxylic acids is 1. The van der Waals surface area contributed by atoms with Crippen LogP contribution in [0.2, 0.25) is 0 Å². The number of aryl methyl sites for hydroxylation is 2. The van der Waals surface area contributed by atoms with E-state index in [-0.39, 0.29) is 6.03 Å². The van der Waals surface area contributed by atoms with Crippen LogP contribution in [0.3, 0.4) is 0 Å². The summed E-state index contributed by atoms with van der Waals surface area (Å²) in [7, 11) is 0.331. The Bertz CT molecular complexity index is 710. The van der Waals surface area contributed by atoms with Crippen LogP contribution in [0.25, 0.3) is 0 Å². The molecular weight excluding hydrogens is 386 g/mol. The van der Waals surface area contributed by atoms with Gasteiger partial charge in [0.25, 0.3) is 0 Å². The van der Waals surface area contributed by atoms with E-state index in [4.69, 9.17) is 0 Å². The predicted octanol–water partition coefficient (Wildman–Crippen LogP) is 5.30. The fourth-order valence-electron chi connectivity index (χ4n) is 4.33. The number of fused-ring (bicyclic) bond motifs is 2. The van der Waals surface area contributed by atoms with E-state index in [9.17, 15) is 4.79 Å². The molecule has 1 unspecified atom stereocenters. The van der Waals surface area contributed by atoms with Crippen LogP contribution in [-0.4, -0.2) is 35.0 Å². The van der Waals surface area contributed by atoms with Gasteiger partial charge in [-0.25, -0.2) is 4.79 Å². The van der Waals surface area contributed by atoms with E-state index in [2.05, 4.69) is 39.8 Å². The van der Waals surface area contributed by atoms with Gasteiger partial charge in [-0.2, -0.15) is 0 Å². The number of carbonyl (C=O) groups is 1. The van der Waals surface area contributed by atoms with Gasteiger partial charge in [-0.05, 0) is 96.7 Å². The second-order valence-corrected chi connectivity index (χ2v) is 10.3. The van der Waals surface area contributed by atoms with Crippen molar-refractivity contribution in [3.63, 3.8) is 0 Å². The van der Waals surface area contributed by atoms with Gasteiger partial charge in [-0.15, -0.1) is 10.7 Å². The second kappa shape index (κ2) is 10.5. The largest absolute Gasteiger partial charge is 0.329 e. The fourth-order valence-corrected chi connectivity index (χ4v) is 5.71. The molecule has 1 aromatic rings. The number of anilines is 1. The Morgan fingerprint density at radius 2 is 1.75 bits per heavy atom. The summed E-state index contributed by atoms with van der Waals surface area (Å²) in [6.07, 6.45) is 9.67. The van der Waals surface area contributed by atoms with Gasteiger partial charge in [0.2, 0.25) is 0 Å². The molecule has 1 heterocycles. The van der Waals surface area contributed by atoms with Crippen molar-refractivity contribution < 1.29 is 4.79 Å². The highest BCUT2D eigenvalue weighted by atomic mass is 32.2. The normalized spacial score (nSPS) is 18.6. The summed E-state index contributed by atoms with van der Waals surface area (Å²) < 4.78 is 5.21. The number of hydrogen-bond donors (Lipinski definition) is 2. The fraction of sp³-hybridized carbons (Fsp3) is 0.545. The van der Waals surface area contributed by atoms with Gasteiger partial charge >= 0.3 is 6.03 Å². The number of rotatable bonds is 5. The van der Waals surface area contributed by atoms with Crippen molar-refractivity contribution in [2.45, 2.75) is 58.3 Å². The van der Waals surface area contributed by atoms with Crippen LogP contribution in [0, 0.1) is 0 Å². The summed E-state index contributed by atoms with van der Waals surface area (Å²) >= 11 is 1.20. The van der Waals surface area contributed by atoms with Crippen molar-refractivity contribution in [3.05, 3.63) is 40.3 Å². The molecule has 0 aromatic heterocycles. The van der Waals surface area contributed by atoms with Crippen molar-refractivity contribution in [2.24, 2.45) is 0 Å². The molecule has 1 aliphatic heterocycles. The zero-order chi connectivity index (χ0) is 19.9. The molecule has 2 N–H and O–H groups in total. The summed E-state index contributed by atoms with van der Waals surface area (Å²) in [6, 6.07) is 2.21. The summed E-state index contributed by atoms with van der Waals surface area (Å²) in [4.78, 5) is 11.9. The van der Waals surface area contributed by atoms with Gasteiger partial charge in [-0.1, -0.05) is 25.4 Å². The van der Waals surface area contributed by atoms with Crippen LogP contribution in [0.4, 0.5) is 10.5 Å². The Balaban J connectivity index is 0.000000211. The smallest absolute Gasteiger partial charge is 0.307 e. The van der Waals surface area contributed by atoms with Crippen LogP contribution < -0.4 is 10.0 Å².